The van der Waals surface area contributed by atoms with Crippen LogP contribution >= 0.6 is 0 Å². The summed E-state index contributed by atoms with van der Waals surface area (Å²) in [6.07, 6.45) is 3.28. The minimum absolute atomic E-state index is 0. The molecule has 296 valence electrons. The smallest absolute Gasteiger partial charge is 0.269 e. The summed E-state index contributed by atoms with van der Waals surface area (Å²) in [4.78, 5) is 9.54. The Morgan fingerprint density at radius 1 is 0.733 bits per heavy atom. The van der Waals surface area contributed by atoms with Crippen LogP contribution < -0.4 is 9.30 Å². The van der Waals surface area contributed by atoms with Gasteiger partial charge in [-0.15, -0.1) is 23.6 Å². The molecule has 0 saturated heterocycles. The van der Waals surface area contributed by atoms with Crippen molar-refractivity contribution in [1.29, 1.82) is 0 Å². The van der Waals surface area contributed by atoms with Crippen LogP contribution in [0.3, 0.4) is 0 Å². The molecule has 0 amide bonds. The van der Waals surface area contributed by atoms with E-state index in [1.165, 1.54) is 0 Å². The molecule has 0 aliphatic rings. The molecule has 0 radical (unpaired) electrons. The van der Waals surface area contributed by atoms with E-state index in [9.17, 15) is 0 Å². The normalized spacial score (nSPS) is 14.7. The second-order valence-electron chi connectivity index (χ2n) is 15.0. The van der Waals surface area contributed by atoms with E-state index in [0.29, 0.717) is 39.4 Å². The fourth-order valence-electron chi connectivity index (χ4n) is 7.40. The number of fused-ring (bicyclic) bond motifs is 4. The summed E-state index contributed by atoms with van der Waals surface area (Å²) in [5.74, 6) is 1.34. The first-order valence-corrected chi connectivity index (χ1v) is 18.9. The maximum absolute atomic E-state index is 9.00. The number of aromatic nitrogens is 5. The predicted molar refractivity (Wildman–Crippen MR) is 237 cm³/mol. The number of para-hydroxylation sites is 4. The van der Waals surface area contributed by atoms with Gasteiger partial charge >= 0.3 is 0 Å². The maximum Gasteiger partial charge on any atom is 0.269 e. The van der Waals surface area contributed by atoms with Gasteiger partial charge in [0.1, 0.15) is 5.82 Å². The van der Waals surface area contributed by atoms with Crippen LogP contribution in [0.2, 0.25) is 0 Å². The minimum atomic E-state index is -1.67. The number of aryl methyl sites for hydroxylation is 1. The third-order valence-corrected chi connectivity index (χ3v) is 9.70. The van der Waals surface area contributed by atoms with E-state index in [-0.39, 0.29) is 60.6 Å². The molecular formula is C53H41N5OPt-2. The number of hydrogen-bond donors (Lipinski definition) is 0. The van der Waals surface area contributed by atoms with Gasteiger partial charge in [-0.2, -0.15) is 12.1 Å². The molecule has 0 N–H and O–H groups in total. The molecule has 6 nitrogen and oxygen atoms in total. The topological polar surface area (TPSA) is 48.8 Å². The number of nitrogens with zero attached hydrogens (tertiary/aromatic N) is 5. The van der Waals surface area contributed by atoms with Gasteiger partial charge in [0, 0.05) is 41.3 Å². The molecular weight excluding hydrogens is 918 g/mol. The van der Waals surface area contributed by atoms with Gasteiger partial charge in [-0.05, 0) is 81.6 Å². The van der Waals surface area contributed by atoms with Crippen LogP contribution in [0.1, 0.15) is 48.5 Å². The molecule has 0 unspecified atom stereocenters. The Morgan fingerprint density at radius 3 is 2.13 bits per heavy atom. The van der Waals surface area contributed by atoms with Crippen molar-refractivity contribution in [2.45, 2.75) is 34.1 Å². The van der Waals surface area contributed by atoms with Gasteiger partial charge in [-0.1, -0.05) is 147 Å². The van der Waals surface area contributed by atoms with E-state index in [1.54, 1.807) is 89.0 Å². The Bertz CT molecular complexity index is 3720. The van der Waals surface area contributed by atoms with Gasteiger partial charge in [0.25, 0.3) is 6.33 Å². The van der Waals surface area contributed by atoms with Crippen LogP contribution in [0.25, 0.3) is 72.4 Å². The average Bonchev–Trinajstić information content (AvgIpc) is 3.89. The van der Waals surface area contributed by atoms with Gasteiger partial charge in [0.2, 0.25) is 0 Å². The van der Waals surface area contributed by atoms with Gasteiger partial charge in [-0.25, -0.2) is 4.98 Å². The van der Waals surface area contributed by atoms with Crippen molar-refractivity contribution in [3.63, 3.8) is 0 Å². The molecule has 60 heavy (non-hydrogen) atoms. The molecule has 0 aliphatic heterocycles. The first-order valence-electron chi connectivity index (χ1n) is 24.9. The standard InChI is InChI=1S/C53H41N5O.Pt/c1-36-30-41(59-40-26-27-45-44-20-11-12-23-46(44)58(49(45)32-40)50-31-37(28-29-54-50)34-53(2,3)4)33-51(55-36)56-35-57(48-25-14-13-24-47(48)56)52-42(38-16-7-5-8-17-38)21-15-22-43(52)39-18-9-6-10-19-39;/h5-31H,34H2,1-4H3;/q-2;/i5D,6D,7D,8D,9D,10D,16D,17D,18D,19D,34D2;. The van der Waals surface area contributed by atoms with Crippen LogP contribution in [0.15, 0.2) is 164 Å². The third-order valence-electron chi connectivity index (χ3n) is 9.70. The van der Waals surface area contributed by atoms with Crippen LogP contribution in [0.5, 0.6) is 11.5 Å². The Balaban J connectivity index is 0.00000640. The monoisotopic (exact) mass is 970 g/mol. The first-order chi connectivity index (χ1) is 33.7. The molecule has 10 rings (SSSR count). The summed E-state index contributed by atoms with van der Waals surface area (Å²) in [7, 11) is 0. The zero-order valence-corrected chi connectivity index (χ0v) is 35.0. The number of rotatable bonds is 8. The molecule has 4 heterocycles. The molecule has 4 aromatic heterocycles. The zero-order valence-electron chi connectivity index (χ0n) is 44.8. The van der Waals surface area contributed by atoms with Crippen molar-refractivity contribution >= 4 is 32.8 Å². The number of benzene rings is 6. The van der Waals surface area contributed by atoms with Crippen molar-refractivity contribution < 1.29 is 46.8 Å². The number of imidazole rings is 1. The van der Waals surface area contributed by atoms with Gasteiger partial charge < -0.3 is 9.30 Å². The van der Waals surface area contributed by atoms with Crippen molar-refractivity contribution in [3.8, 4) is 51.1 Å². The second-order valence-corrected chi connectivity index (χ2v) is 15.0. The Hall–Kier alpha value is -6.62. The van der Waals surface area contributed by atoms with Gasteiger partial charge in [0.15, 0.2) is 0 Å². The molecule has 0 aliphatic carbocycles. The Morgan fingerprint density at radius 2 is 1.42 bits per heavy atom. The first kappa shape index (κ1) is 27.2. The number of pyridine rings is 2. The summed E-state index contributed by atoms with van der Waals surface area (Å²) in [6.45, 7) is 7.37. The summed E-state index contributed by atoms with van der Waals surface area (Å²) in [5.41, 5.74) is 2.82. The van der Waals surface area contributed by atoms with Crippen LogP contribution in [-0.4, -0.2) is 19.1 Å². The van der Waals surface area contributed by atoms with E-state index in [2.05, 4.69) is 18.5 Å². The summed E-state index contributed by atoms with van der Waals surface area (Å²) < 4.78 is 117. The molecule has 7 heteroatoms. The summed E-state index contributed by atoms with van der Waals surface area (Å²) in [6, 6.07) is 29.8. The summed E-state index contributed by atoms with van der Waals surface area (Å²) in [5, 5.41) is 1.82. The minimum Gasteiger partial charge on any atom is -0.522 e. The summed E-state index contributed by atoms with van der Waals surface area (Å²) >= 11 is 0. The van der Waals surface area contributed by atoms with Crippen molar-refractivity contribution in [3.05, 3.63) is 193 Å². The molecule has 0 fully saturated rings. The van der Waals surface area contributed by atoms with E-state index in [0.717, 1.165) is 16.3 Å². The fraction of sp³-hybridized carbons (Fsp3) is 0.113. The average molecular weight is 971 g/mol. The van der Waals surface area contributed by atoms with Crippen LogP contribution in [0.4, 0.5) is 0 Å². The Kier molecular flexibility index (Phi) is 7.19. The number of hydrogen-bond acceptors (Lipinski definition) is 3. The van der Waals surface area contributed by atoms with Crippen molar-refractivity contribution in [2.24, 2.45) is 5.41 Å². The molecule has 0 bridgehead atoms. The molecule has 0 atom stereocenters. The molecule has 10 aromatic rings. The van der Waals surface area contributed by atoms with E-state index >= 15 is 0 Å². The van der Waals surface area contributed by atoms with E-state index < -0.39 is 72.2 Å². The number of ether oxygens (including phenoxy) is 1. The maximum atomic E-state index is 9.00. The van der Waals surface area contributed by atoms with Gasteiger partial charge in [0.05, 0.1) is 36.2 Å². The largest absolute Gasteiger partial charge is 0.522 e. The zero-order chi connectivity index (χ0) is 50.6. The van der Waals surface area contributed by atoms with E-state index in [1.807, 2.05) is 55.7 Å². The molecule has 0 spiro atoms. The second kappa shape index (κ2) is 15.9. The predicted octanol–water partition coefficient (Wildman–Crippen LogP) is 12.2. The van der Waals surface area contributed by atoms with Gasteiger partial charge in [-0.3, -0.25) is 14.1 Å². The fourth-order valence-corrected chi connectivity index (χ4v) is 7.40. The van der Waals surface area contributed by atoms with Crippen molar-refractivity contribution in [1.82, 2.24) is 19.1 Å². The van der Waals surface area contributed by atoms with Crippen molar-refractivity contribution in [2.75, 3.05) is 0 Å². The Labute approximate surface area is 381 Å². The SMILES string of the molecule is [2H]c1c([2H])c([2H])c(-c2cccc(-c3c([2H])c([2H])c([2H])c([2H])c3[2H])c2-[n+]2[c-]n(-c3[c-]c(Oc4[c-]c5c(cc4)c4ccccc4n5-c4cc(C([2H])([2H])C(C)(C)C)ccn4)cc(C)n3)c3ccccc32)c([2H])c1[2H].[Pt]. The third kappa shape index (κ3) is 7.33. The quantitative estimate of drug-likeness (QED) is 0.113. The molecule has 6 aromatic carbocycles. The van der Waals surface area contributed by atoms with Crippen LogP contribution in [0, 0.1) is 30.8 Å². The van der Waals surface area contributed by atoms with E-state index in [4.69, 9.17) is 31.2 Å². The van der Waals surface area contributed by atoms with Crippen LogP contribution in [-0.2, 0) is 27.4 Å². The molecule has 0 saturated carbocycles.